The molecule has 0 bridgehead atoms. The zero-order valence-corrected chi connectivity index (χ0v) is 11.7. The standard InChI is InChI=1S/C15H22N2O3/c1-11(15(19)20)16-13-2-4-14(5-3-13)17-8-6-12(10-18)7-9-17/h2-5,11-12,16,18H,6-10H2,1H3,(H,19,20). The van der Waals surface area contributed by atoms with E-state index >= 15 is 0 Å². The smallest absolute Gasteiger partial charge is 0.325 e. The molecule has 1 atom stereocenters. The average Bonchev–Trinajstić information content (AvgIpc) is 2.48. The summed E-state index contributed by atoms with van der Waals surface area (Å²) in [7, 11) is 0. The van der Waals surface area contributed by atoms with Crippen molar-refractivity contribution in [1.29, 1.82) is 0 Å². The first-order valence-corrected chi connectivity index (χ1v) is 7.05. The molecule has 0 aromatic heterocycles. The highest BCUT2D eigenvalue weighted by atomic mass is 16.4. The fraction of sp³-hybridized carbons (Fsp3) is 0.533. The largest absolute Gasteiger partial charge is 0.480 e. The Bertz CT molecular complexity index is 439. The van der Waals surface area contributed by atoms with Gasteiger partial charge in [0, 0.05) is 31.1 Å². The number of nitrogens with zero attached hydrogens (tertiary/aromatic N) is 1. The molecule has 1 aromatic rings. The van der Waals surface area contributed by atoms with Crippen molar-refractivity contribution in [2.75, 3.05) is 29.9 Å². The van der Waals surface area contributed by atoms with Crippen LogP contribution >= 0.6 is 0 Å². The molecule has 1 heterocycles. The van der Waals surface area contributed by atoms with Crippen LogP contribution in [0.5, 0.6) is 0 Å². The van der Waals surface area contributed by atoms with Gasteiger partial charge >= 0.3 is 5.97 Å². The molecule has 20 heavy (non-hydrogen) atoms. The summed E-state index contributed by atoms with van der Waals surface area (Å²) in [5, 5.41) is 20.9. The zero-order chi connectivity index (χ0) is 14.5. The van der Waals surface area contributed by atoms with E-state index in [9.17, 15) is 4.79 Å². The Morgan fingerprint density at radius 1 is 1.35 bits per heavy atom. The van der Waals surface area contributed by atoms with Gasteiger partial charge in [-0.2, -0.15) is 0 Å². The normalized spacial score (nSPS) is 17.8. The van der Waals surface area contributed by atoms with Crippen LogP contribution in [0, 0.1) is 5.92 Å². The van der Waals surface area contributed by atoms with Crippen LogP contribution in [-0.4, -0.2) is 41.9 Å². The van der Waals surface area contributed by atoms with E-state index in [0.29, 0.717) is 5.92 Å². The summed E-state index contributed by atoms with van der Waals surface area (Å²) in [5.74, 6) is -0.427. The number of nitrogens with one attached hydrogen (secondary N) is 1. The van der Waals surface area contributed by atoms with Crippen molar-refractivity contribution in [1.82, 2.24) is 0 Å². The van der Waals surface area contributed by atoms with E-state index in [1.807, 2.05) is 24.3 Å². The molecule has 1 unspecified atom stereocenters. The van der Waals surface area contributed by atoms with Gasteiger partial charge in [-0.15, -0.1) is 0 Å². The first-order chi connectivity index (χ1) is 9.60. The second-order valence-corrected chi connectivity index (χ2v) is 5.36. The fourth-order valence-electron chi connectivity index (χ4n) is 2.45. The molecule has 0 radical (unpaired) electrons. The first-order valence-electron chi connectivity index (χ1n) is 7.05. The van der Waals surface area contributed by atoms with Crippen molar-refractivity contribution < 1.29 is 15.0 Å². The molecule has 3 N–H and O–H groups in total. The summed E-state index contributed by atoms with van der Waals surface area (Å²) >= 11 is 0. The van der Waals surface area contributed by atoms with Crippen LogP contribution in [0.25, 0.3) is 0 Å². The van der Waals surface area contributed by atoms with Crippen molar-refractivity contribution in [3.63, 3.8) is 0 Å². The van der Waals surface area contributed by atoms with Crippen LogP contribution in [0.1, 0.15) is 19.8 Å². The summed E-state index contributed by atoms with van der Waals surface area (Å²) in [6.07, 6.45) is 2.04. The molecule has 1 aromatic carbocycles. The third kappa shape index (κ3) is 3.63. The monoisotopic (exact) mass is 278 g/mol. The number of carbonyl (C=O) groups is 1. The summed E-state index contributed by atoms with van der Waals surface area (Å²) in [5.41, 5.74) is 1.96. The zero-order valence-electron chi connectivity index (χ0n) is 11.7. The highest BCUT2D eigenvalue weighted by Gasteiger charge is 2.18. The quantitative estimate of drug-likeness (QED) is 0.765. The fourth-order valence-corrected chi connectivity index (χ4v) is 2.45. The van der Waals surface area contributed by atoms with E-state index in [4.69, 9.17) is 10.2 Å². The van der Waals surface area contributed by atoms with Gasteiger partial charge in [-0.05, 0) is 49.9 Å². The Labute approximate surface area is 119 Å². The number of aliphatic hydroxyl groups excluding tert-OH is 1. The van der Waals surface area contributed by atoms with Crippen molar-refractivity contribution in [2.24, 2.45) is 5.92 Å². The molecule has 5 heteroatoms. The number of aliphatic hydroxyl groups is 1. The molecule has 0 spiro atoms. The number of aliphatic carboxylic acids is 1. The van der Waals surface area contributed by atoms with E-state index in [1.165, 1.54) is 0 Å². The number of benzene rings is 1. The van der Waals surface area contributed by atoms with Gasteiger partial charge in [0.25, 0.3) is 0 Å². The molecule has 5 nitrogen and oxygen atoms in total. The summed E-state index contributed by atoms with van der Waals surface area (Å²) in [4.78, 5) is 13.1. The Morgan fingerprint density at radius 3 is 2.45 bits per heavy atom. The van der Waals surface area contributed by atoms with Gasteiger partial charge in [0.1, 0.15) is 6.04 Å². The minimum Gasteiger partial charge on any atom is -0.480 e. The third-order valence-electron chi connectivity index (χ3n) is 3.86. The predicted octanol–water partition coefficient (Wildman–Crippen LogP) is 1.78. The van der Waals surface area contributed by atoms with Gasteiger partial charge in [0.15, 0.2) is 0 Å². The van der Waals surface area contributed by atoms with Crippen LogP contribution in [-0.2, 0) is 4.79 Å². The van der Waals surface area contributed by atoms with Crippen molar-refractivity contribution in [3.8, 4) is 0 Å². The van der Waals surface area contributed by atoms with Crippen LogP contribution in [0.4, 0.5) is 11.4 Å². The first kappa shape index (κ1) is 14.7. The number of carboxylic acids is 1. The van der Waals surface area contributed by atoms with Crippen molar-refractivity contribution >= 4 is 17.3 Å². The lowest BCUT2D eigenvalue weighted by Crippen LogP contribution is -2.34. The van der Waals surface area contributed by atoms with E-state index < -0.39 is 12.0 Å². The van der Waals surface area contributed by atoms with E-state index in [2.05, 4.69) is 10.2 Å². The minimum absolute atomic E-state index is 0.282. The average molecular weight is 278 g/mol. The van der Waals surface area contributed by atoms with Crippen LogP contribution in [0.15, 0.2) is 24.3 Å². The van der Waals surface area contributed by atoms with Crippen LogP contribution in [0.3, 0.4) is 0 Å². The van der Waals surface area contributed by atoms with E-state index in [1.54, 1.807) is 6.92 Å². The maximum atomic E-state index is 10.8. The lowest BCUT2D eigenvalue weighted by molar-refractivity contribution is -0.137. The molecular weight excluding hydrogens is 256 g/mol. The van der Waals surface area contributed by atoms with Crippen LogP contribution < -0.4 is 10.2 Å². The summed E-state index contributed by atoms with van der Waals surface area (Å²) < 4.78 is 0. The second-order valence-electron chi connectivity index (χ2n) is 5.36. The molecule has 0 saturated carbocycles. The van der Waals surface area contributed by atoms with Gasteiger partial charge in [0.2, 0.25) is 0 Å². The molecule has 1 aliphatic heterocycles. The lowest BCUT2D eigenvalue weighted by atomic mass is 9.97. The molecular formula is C15H22N2O3. The molecule has 0 aliphatic carbocycles. The molecule has 0 amide bonds. The van der Waals surface area contributed by atoms with E-state index in [0.717, 1.165) is 37.3 Å². The Morgan fingerprint density at radius 2 is 1.95 bits per heavy atom. The van der Waals surface area contributed by atoms with E-state index in [-0.39, 0.29) is 6.61 Å². The highest BCUT2D eigenvalue weighted by molar-refractivity contribution is 5.76. The topological polar surface area (TPSA) is 72.8 Å². The van der Waals surface area contributed by atoms with Gasteiger partial charge in [-0.1, -0.05) is 0 Å². The van der Waals surface area contributed by atoms with Gasteiger partial charge in [0.05, 0.1) is 0 Å². The molecule has 1 fully saturated rings. The molecule has 1 saturated heterocycles. The second kappa shape index (κ2) is 6.61. The SMILES string of the molecule is CC(Nc1ccc(N2CCC(CO)CC2)cc1)C(=O)O. The number of piperidine rings is 1. The number of rotatable bonds is 5. The third-order valence-corrected chi connectivity index (χ3v) is 3.86. The number of anilines is 2. The predicted molar refractivity (Wildman–Crippen MR) is 79.2 cm³/mol. The number of hydrogen-bond acceptors (Lipinski definition) is 4. The van der Waals surface area contributed by atoms with Crippen molar-refractivity contribution in [2.45, 2.75) is 25.8 Å². The molecule has 110 valence electrons. The van der Waals surface area contributed by atoms with Crippen molar-refractivity contribution in [3.05, 3.63) is 24.3 Å². The number of hydrogen-bond donors (Lipinski definition) is 3. The molecule has 1 aliphatic rings. The summed E-state index contributed by atoms with van der Waals surface area (Å²) in [6.45, 7) is 3.83. The molecule has 2 rings (SSSR count). The Hall–Kier alpha value is -1.75. The lowest BCUT2D eigenvalue weighted by Gasteiger charge is -2.33. The highest BCUT2D eigenvalue weighted by Crippen LogP contribution is 2.24. The Balaban J connectivity index is 1.93. The maximum Gasteiger partial charge on any atom is 0.325 e. The minimum atomic E-state index is -0.861. The van der Waals surface area contributed by atoms with Gasteiger partial charge in [-0.3, -0.25) is 4.79 Å². The summed E-state index contributed by atoms with van der Waals surface area (Å²) in [6, 6.07) is 7.24. The van der Waals surface area contributed by atoms with Gasteiger partial charge in [-0.25, -0.2) is 0 Å². The Kier molecular flexibility index (Phi) is 4.84. The number of carboxylic acid groups (broad SMARTS) is 1. The van der Waals surface area contributed by atoms with Gasteiger partial charge < -0.3 is 20.4 Å². The maximum absolute atomic E-state index is 10.8. The van der Waals surface area contributed by atoms with Crippen LogP contribution in [0.2, 0.25) is 0 Å².